The molecule has 2 saturated heterocycles. The highest BCUT2D eigenvalue weighted by Crippen LogP contribution is 2.35. The Morgan fingerprint density at radius 1 is 0.913 bits per heavy atom. The molecule has 0 saturated carbocycles. The molecule has 366 valence electrons. The molecule has 0 bridgehead atoms. The van der Waals surface area contributed by atoms with Crippen LogP contribution in [0.25, 0.3) is 11.1 Å². The van der Waals surface area contributed by atoms with Crippen molar-refractivity contribution < 1.29 is 33.5 Å². The second-order valence-electron chi connectivity index (χ2n) is 18.0. The summed E-state index contributed by atoms with van der Waals surface area (Å²) in [6.07, 6.45) is 2.52. The van der Waals surface area contributed by atoms with Crippen LogP contribution in [-0.2, 0) is 32.2 Å². The quantitative estimate of drug-likeness (QED) is 0.0486. The monoisotopic (exact) mass is 943 g/mol. The lowest BCUT2D eigenvalue weighted by atomic mass is 9.94. The summed E-state index contributed by atoms with van der Waals surface area (Å²) in [5.74, 6) is -1.94. The van der Waals surface area contributed by atoms with Crippen LogP contribution in [0.4, 0.5) is 11.4 Å². The number of fused-ring (bicyclic) bond motifs is 1. The van der Waals surface area contributed by atoms with E-state index in [0.717, 1.165) is 83.1 Å². The van der Waals surface area contributed by atoms with Crippen LogP contribution in [0.15, 0.2) is 65.5 Å². The Balaban J connectivity index is 0.921. The van der Waals surface area contributed by atoms with Gasteiger partial charge in [0.1, 0.15) is 12.3 Å². The Hall–Kier alpha value is -6.69. The molecule has 3 aliphatic heterocycles. The second-order valence-corrected chi connectivity index (χ2v) is 18.0. The fourth-order valence-corrected chi connectivity index (χ4v) is 9.70. The molecule has 17 nitrogen and oxygen atoms in total. The number of imide groups is 1. The number of carbonyl (C=O) groups excluding carboxylic acids is 6. The highest BCUT2D eigenvalue weighted by Gasteiger charge is 2.43. The molecule has 7 rings (SSSR count). The van der Waals surface area contributed by atoms with Crippen LogP contribution < -0.4 is 31.7 Å². The lowest BCUT2D eigenvalue weighted by molar-refractivity contribution is -0.132. The summed E-state index contributed by atoms with van der Waals surface area (Å²) in [6, 6.07) is 18.6. The number of hydrogen-bond donors (Lipinski definition) is 5. The third kappa shape index (κ3) is 11.6. The summed E-state index contributed by atoms with van der Waals surface area (Å²) in [4.78, 5) is 101. The molecule has 0 spiro atoms. The van der Waals surface area contributed by atoms with Gasteiger partial charge in [0.05, 0.1) is 17.7 Å². The zero-order chi connectivity index (χ0) is 49.2. The van der Waals surface area contributed by atoms with Crippen molar-refractivity contribution in [3.8, 4) is 11.1 Å². The predicted octanol–water partition coefficient (Wildman–Crippen LogP) is 3.94. The average Bonchev–Trinajstić information content (AvgIpc) is 3.60. The molecule has 1 atom stereocenters. The van der Waals surface area contributed by atoms with Crippen molar-refractivity contribution in [3.63, 3.8) is 0 Å². The normalized spacial score (nSPS) is 15.7. The van der Waals surface area contributed by atoms with Gasteiger partial charge in [0, 0.05) is 120 Å². The van der Waals surface area contributed by atoms with Gasteiger partial charge in [-0.3, -0.25) is 38.6 Å². The van der Waals surface area contributed by atoms with Crippen LogP contribution in [0.1, 0.15) is 91.6 Å². The Bertz CT molecular complexity index is 2600. The first-order valence-corrected chi connectivity index (χ1v) is 24.0. The van der Waals surface area contributed by atoms with Gasteiger partial charge in [0.15, 0.2) is 0 Å². The molecular weight excluding hydrogens is 879 g/mol. The van der Waals surface area contributed by atoms with Crippen molar-refractivity contribution in [3.05, 3.63) is 116 Å². The molecule has 5 N–H and O–H groups in total. The SMILES string of the molecule is CCN(c1cc(-c2ccc(CN3CCN(C(=O)CNCCNc4cccc5c4C(=O)N(C(CCC=O)C(=O)NC)C5=O)CC3)cc2)cc(C(=O)NCc2c(C)cc(C)[nH]c2=O)c1C)C1CCOCC1. The van der Waals surface area contributed by atoms with Crippen molar-refractivity contribution in [1.82, 2.24) is 35.6 Å². The summed E-state index contributed by atoms with van der Waals surface area (Å²) in [7, 11) is 1.42. The number of aryl methyl sites for hydroxylation is 2. The van der Waals surface area contributed by atoms with Gasteiger partial charge in [-0.2, -0.15) is 0 Å². The number of aldehydes is 1. The average molecular weight is 944 g/mol. The van der Waals surface area contributed by atoms with E-state index in [-0.39, 0.29) is 60.5 Å². The number of carbonyl (C=O) groups is 6. The number of H-pyrrole nitrogens is 1. The fourth-order valence-electron chi connectivity index (χ4n) is 9.70. The molecule has 3 aliphatic rings. The number of rotatable bonds is 20. The number of nitrogens with one attached hydrogen (secondary N) is 5. The Morgan fingerprint density at radius 2 is 1.65 bits per heavy atom. The molecule has 1 aromatic heterocycles. The van der Waals surface area contributed by atoms with Crippen LogP contribution in [0.2, 0.25) is 0 Å². The van der Waals surface area contributed by atoms with Crippen molar-refractivity contribution in [2.24, 2.45) is 0 Å². The third-order valence-electron chi connectivity index (χ3n) is 13.5. The number of amides is 5. The molecule has 3 aromatic carbocycles. The predicted molar refractivity (Wildman–Crippen MR) is 264 cm³/mol. The van der Waals surface area contributed by atoms with Gasteiger partial charge in [-0.1, -0.05) is 30.3 Å². The van der Waals surface area contributed by atoms with E-state index in [9.17, 15) is 33.6 Å². The van der Waals surface area contributed by atoms with E-state index < -0.39 is 23.8 Å². The topological polar surface area (TPSA) is 206 Å². The van der Waals surface area contributed by atoms with Gasteiger partial charge in [-0.15, -0.1) is 0 Å². The number of aromatic amines is 1. The maximum Gasteiger partial charge on any atom is 0.264 e. The first-order chi connectivity index (χ1) is 33.3. The molecule has 17 heteroatoms. The van der Waals surface area contributed by atoms with Gasteiger partial charge in [-0.05, 0) is 105 Å². The minimum atomic E-state index is -1.10. The summed E-state index contributed by atoms with van der Waals surface area (Å²) in [5.41, 5.74) is 8.30. The van der Waals surface area contributed by atoms with E-state index in [1.165, 1.54) is 7.05 Å². The standard InChI is InChI=1S/C52H65N9O8/c1-6-60(39-16-25-69-26-17-39)45-29-38(28-41(35(45)4)48(64)56-30-42-33(2)27-34(3)57-49(42)65)37-14-12-36(13-15-37)32-58-20-22-59(23-21-58)46(63)31-54-18-19-55-43-10-7-9-40-47(43)52(68)61(51(40)67)44(11-8-24-62)50(66)53-5/h7,9-10,12-15,24,27-29,39,44,54-55H,6,8,11,16-23,25-26,30-32H2,1-5H3,(H,53,66)(H,56,64)(H,57,65). The van der Waals surface area contributed by atoms with Crippen LogP contribution in [0.3, 0.4) is 0 Å². The third-order valence-corrected chi connectivity index (χ3v) is 13.5. The molecule has 69 heavy (non-hydrogen) atoms. The minimum absolute atomic E-state index is 0.00510. The van der Waals surface area contributed by atoms with Gasteiger partial charge in [0.25, 0.3) is 23.3 Å². The molecule has 0 aliphatic carbocycles. The van der Waals surface area contributed by atoms with Gasteiger partial charge in [-0.25, -0.2) is 0 Å². The molecule has 0 radical (unpaired) electrons. The minimum Gasteiger partial charge on any atom is -0.383 e. The highest BCUT2D eigenvalue weighted by molar-refractivity contribution is 6.25. The van der Waals surface area contributed by atoms with Crippen LogP contribution in [0, 0.1) is 20.8 Å². The Kier molecular flexibility index (Phi) is 16.8. The molecule has 4 aromatic rings. The van der Waals surface area contributed by atoms with Crippen molar-refractivity contribution in [2.75, 3.05) is 82.8 Å². The van der Waals surface area contributed by atoms with E-state index >= 15 is 0 Å². The van der Waals surface area contributed by atoms with E-state index in [1.54, 1.807) is 18.2 Å². The van der Waals surface area contributed by atoms with E-state index in [4.69, 9.17) is 4.74 Å². The van der Waals surface area contributed by atoms with E-state index in [0.29, 0.717) is 62.5 Å². The fraction of sp³-hybridized carbons (Fsp3) is 0.442. The zero-order valence-corrected chi connectivity index (χ0v) is 40.4. The smallest absolute Gasteiger partial charge is 0.264 e. The first-order valence-electron chi connectivity index (χ1n) is 24.0. The molecule has 5 amide bonds. The molecule has 4 heterocycles. The zero-order valence-electron chi connectivity index (χ0n) is 40.4. The lowest BCUT2D eigenvalue weighted by Crippen LogP contribution is -2.50. The van der Waals surface area contributed by atoms with E-state index in [2.05, 4.69) is 73.3 Å². The number of pyridine rings is 1. The van der Waals surface area contributed by atoms with Crippen molar-refractivity contribution >= 4 is 47.2 Å². The number of hydrogen-bond acceptors (Lipinski definition) is 12. The molecular formula is C52H65N9O8. The lowest BCUT2D eigenvalue weighted by Gasteiger charge is -2.37. The highest BCUT2D eigenvalue weighted by atomic mass is 16.5. The largest absolute Gasteiger partial charge is 0.383 e. The number of aromatic nitrogens is 1. The second kappa shape index (κ2) is 23.1. The number of likely N-dealkylation sites (N-methyl/N-ethyl adjacent to an activating group) is 1. The van der Waals surface area contributed by atoms with Crippen LogP contribution in [-0.4, -0.2) is 140 Å². The van der Waals surface area contributed by atoms with Crippen LogP contribution >= 0.6 is 0 Å². The maximum atomic E-state index is 14.0. The summed E-state index contributed by atoms with van der Waals surface area (Å²) < 4.78 is 5.69. The maximum absolute atomic E-state index is 14.0. The Labute approximate surface area is 403 Å². The van der Waals surface area contributed by atoms with Crippen molar-refractivity contribution in [2.45, 2.75) is 78.6 Å². The van der Waals surface area contributed by atoms with Gasteiger partial charge >= 0.3 is 0 Å². The van der Waals surface area contributed by atoms with E-state index in [1.807, 2.05) is 37.8 Å². The van der Waals surface area contributed by atoms with Gasteiger partial charge < -0.3 is 45.6 Å². The van der Waals surface area contributed by atoms with Gasteiger partial charge in [0.2, 0.25) is 11.8 Å². The summed E-state index contributed by atoms with van der Waals surface area (Å²) >= 11 is 0. The Morgan fingerprint density at radius 3 is 2.33 bits per heavy atom. The number of ether oxygens (including phenoxy) is 1. The molecule has 1 unspecified atom stereocenters. The summed E-state index contributed by atoms with van der Waals surface area (Å²) in [6.45, 7) is 14.5. The summed E-state index contributed by atoms with van der Waals surface area (Å²) in [5, 5.41) is 11.9. The number of anilines is 2. The number of piperazine rings is 1. The first kappa shape index (κ1) is 50.2. The number of benzene rings is 3. The van der Waals surface area contributed by atoms with Crippen LogP contribution in [0.5, 0.6) is 0 Å². The van der Waals surface area contributed by atoms with Crippen molar-refractivity contribution in [1.29, 1.82) is 0 Å². The number of nitrogens with zero attached hydrogens (tertiary/aromatic N) is 4. The molecule has 2 fully saturated rings.